The molecule has 1 heterocycles. The van der Waals surface area contributed by atoms with Crippen LogP contribution in [0.3, 0.4) is 0 Å². The van der Waals surface area contributed by atoms with Gasteiger partial charge in [-0.2, -0.15) is 4.31 Å². The van der Waals surface area contributed by atoms with Crippen molar-refractivity contribution in [1.29, 1.82) is 0 Å². The van der Waals surface area contributed by atoms with Crippen LogP contribution >= 0.6 is 0 Å². The summed E-state index contributed by atoms with van der Waals surface area (Å²) in [5.74, 6) is -1.83. The van der Waals surface area contributed by atoms with Crippen LogP contribution in [0.5, 0.6) is 0 Å². The highest BCUT2D eigenvalue weighted by molar-refractivity contribution is 7.88. The van der Waals surface area contributed by atoms with Crippen LogP contribution in [0.15, 0.2) is 54.6 Å². The van der Waals surface area contributed by atoms with E-state index in [1.807, 2.05) is 6.07 Å². The monoisotopic (exact) mass is 392 g/mol. The topological polar surface area (TPSA) is 77.9 Å². The van der Waals surface area contributed by atoms with Gasteiger partial charge in [-0.1, -0.05) is 48.5 Å². The molecule has 1 saturated heterocycles. The highest BCUT2D eigenvalue weighted by Crippen LogP contribution is 2.26. The molecule has 1 atom stereocenters. The lowest BCUT2D eigenvalue weighted by molar-refractivity contribution is -0.144. The zero-order valence-electron chi connectivity index (χ0n) is 14.7. The molecule has 0 aromatic heterocycles. The number of halogens is 1. The number of hydrogen-bond donors (Lipinski definition) is 1. The van der Waals surface area contributed by atoms with Crippen LogP contribution in [0.1, 0.15) is 17.2 Å². The van der Waals surface area contributed by atoms with Crippen molar-refractivity contribution in [2.75, 3.05) is 26.2 Å². The Labute approximate surface area is 157 Å². The molecule has 144 valence electrons. The molecule has 0 bridgehead atoms. The number of aliphatic carboxylic acids is 1. The number of carbonyl (C=O) groups is 1. The van der Waals surface area contributed by atoms with E-state index in [1.54, 1.807) is 35.2 Å². The second-order valence-electron chi connectivity index (χ2n) is 6.44. The summed E-state index contributed by atoms with van der Waals surface area (Å²) in [4.78, 5) is 13.3. The lowest BCUT2D eigenvalue weighted by atomic mass is 10.0. The molecule has 1 aliphatic heterocycles. The summed E-state index contributed by atoms with van der Waals surface area (Å²) in [5.41, 5.74) is 0.792. The molecule has 1 aliphatic rings. The van der Waals surface area contributed by atoms with Crippen LogP contribution in [0, 0.1) is 5.82 Å². The van der Waals surface area contributed by atoms with E-state index in [0.717, 1.165) is 0 Å². The average Bonchev–Trinajstić information content (AvgIpc) is 2.64. The zero-order valence-corrected chi connectivity index (χ0v) is 15.5. The van der Waals surface area contributed by atoms with Gasteiger partial charge in [0.05, 0.1) is 5.75 Å². The molecule has 3 rings (SSSR count). The fourth-order valence-electron chi connectivity index (χ4n) is 3.30. The molecule has 8 heteroatoms. The molecule has 1 N–H and O–H groups in total. The second kappa shape index (κ2) is 8.16. The minimum atomic E-state index is -3.49. The number of benzene rings is 2. The largest absolute Gasteiger partial charge is 0.480 e. The van der Waals surface area contributed by atoms with Gasteiger partial charge < -0.3 is 5.11 Å². The molecule has 2 aromatic carbocycles. The standard InChI is InChI=1S/C19H21FN2O4S/c20-17-9-5-4-8-16(17)18(19(23)24)21-10-12-22(13-11-21)27(25,26)14-15-6-2-1-3-7-15/h1-9,18H,10-14H2,(H,23,24). The number of carboxylic acid groups (broad SMARTS) is 1. The lowest BCUT2D eigenvalue weighted by Crippen LogP contribution is -2.51. The molecule has 0 radical (unpaired) electrons. The van der Waals surface area contributed by atoms with Crippen LogP contribution in [-0.4, -0.2) is 54.9 Å². The van der Waals surface area contributed by atoms with Crippen LogP contribution in [-0.2, 0) is 20.6 Å². The number of carboxylic acids is 1. The number of rotatable bonds is 6. The van der Waals surface area contributed by atoms with E-state index in [0.29, 0.717) is 5.56 Å². The predicted octanol–water partition coefficient (Wildman–Crippen LogP) is 2.10. The van der Waals surface area contributed by atoms with Crippen molar-refractivity contribution in [3.05, 3.63) is 71.5 Å². The predicted molar refractivity (Wildman–Crippen MR) is 99.0 cm³/mol. The Hall–Kier alpha value is -2.29. The Kier molecular flexibility index (Phi) is 5.88. The van der Waals surface area contributed by atoms with Crippen molar-refractivity contribution < 1.29 is 22.7 Å². The van der Waals surface area contributed by atoms with Crippen LogP contribution < -0.4 is 0 Å². The fraction of sp³-hybridized carbons (Fsp3) is 0.316. The summed E-state index contributed by atoms with van der Waals surface area (Å²) in [7, 11) is -3.49. The summed E-state index contributed by atoms with van der Waals surface area (Å²) < 4.78 is 40.7. The Bertz CT molecular complexity index is 897. The van der Waals surface area contributed by atoms with Gasteiger partial charge in [0.15, 0.2) is 0 Å². The van der Waals surface area contributed by atoms with Gasteiger partial charge in [-0.25, -0.2) is 12.8 Å². The van der Waals surface area contributed by atoms with Gasteiger partial charge in [0.1, 0.15) is 11.9 Å². The summed E-state index contributed by atoms with van der Waals surface area (Å²) in [6.07, 6.45) is 0. The van der Waals surface area contributed by atoms with Gasteiger partial charge in [-0.15, -0.1) is 0 Å². The van der Waals surface area contributed by atoms with Crippen molar-refractivity contribution in [2.24, 2.45) is 0 Å². The van der Waals surface area contributed by atoms with Gasteiger partial charge >= 0.3 is 5.97 Å². The first kappa shape index (κ1) is 19.5. The average molecular weight is 392 g/mol. The van der Waals surface area contributed by atoms with Crippen LogP contribution in [0.4, 0.5) is 4.39 Å². The molecule has 2 aromatic rings. The summed E-state index contributed by atoms with van der Waals surface area (Å²) >= 11 is 0. The SMILES string of the molecule is O=C(O)C(c1ccccc1F)N1CCN(S(=O)(=O)Cc2ccccc2)CC1. The van der Waals surface area contributed by atoms with E-state index in [9.17, 15) is 22.7 Å². The third-order valence-corrected chi connectivity index (χ3v) is 6.51. The van der Waals surface area contributed by atoms with Crippen molar-refractivity contribution in [3.63, 3.8) is 0 Å². The summed E-state index contributed by atoms with van der Waals surface area (Å²) in [6.45, 7) is 0.791. The molecule has 0 aliphatic carbocycles. The number of nitrogens with zero attached hydrogens (tertiary/aromatic N) is 2. The van der Waals surface area contributed by atoms with Crippen molar-refractivity contribution >= 4 is 16.0 Å². The van der Waals surface area contributed by atoms with Gasteiger partial charge in [0.25, 0.3) is 0 Å². The number of hydrogen-bond acceptors (Lipinski definition) is 4. The van der Waals surface area contributed by atoms with Crippen molar-refractivity contribution in [3.8, 4) is 0 Å². The first-order valence-corrected chi connectivity index (χ1v) is 10.2. The smallest absolute Gasteiger partial charge is 0.325 e. The normalized spacial score (nSPS) is 17.5. The lowest BCUT2D eigenvalue weighted by Gasteiger charge is -2.37. The van der Waals surface area contributed by atoms with E-state index in [4.69, 9.17) is 0 Å². The highest BCUT2D eigenvalue weighted by atomic mass is 32.2. The maximum absolute atomic E-state index is 14.1. The van der Waals surface area contributed by atoms with Gasteiger partial charge in [0.2, 0.25) is 10.0 Å². The molecule has 27 heavy (non-hydrogen) atoms. The van der Waals surface area contributed by atoms with Gasteiger partial charge in [-0.3, -0.25) is 9.69 Å². The molecule has 1 unspecified atom stereocenters. The van der Waals surface area contributed by atoms with E-state index in [1.165, 1.54) is 22.5 Å². The minimum absolute atomic E-state index is 0.0885. The van der Waals surface area contributed by atoms with E-state index >= 15 is 0 Å². The second-order valence-corrected chi connectivity index (χ2v) is 8.41. The van der Waals surface area contributed by atoms with E-state index in [2.05, 4.69) is 0 Å². The van der Waals surface area contributed by atoms with E-state index < -0.39 is 27.9 Å². The van der Waals surface area contributed by atoms with Crippen molar-refractivity contribution in [1.82, 2.24) is 9.21 Å². The first-order valence-electron chi connectivity index (χ1n) is 8.61. The third kappa shape index (κ3) is 4.52. The first-order chi connectivity index (χ1) is 12.9. The van der Waals surface area contributed by atoms with Crippen molar-refractivity contribution in [2.45, 2.75) is 11.8 Å². The Morgan fingerprint density at radius 1 is 1.00 bits per heavy atom. The highest BCUT2D eigenvalue weighted by Gasteiger charge is 2.34. The fourth-order valence-corrected chi connectivity index (χ4v) is 4.81. The molecule has 6 nitrogen and oxygen atoms in total. The van der Waals surface area contributed by atoms with E-state index in [-0.39, 0.29) is 37.5 Å². The Balaban J connectivity index is 1.70. The summed E-state index contributed by atoms with van der Waals surface area (Å²) in [6, 6.07) is 13.6. The molecular formula is C19H21FN2O4S. The van der Waals surface area contributed by atoms with Gasteiger partial charge in [0, 0.05) is 31.7 Å². The number of piperazine rings is 1. The number of sulfonamides is 1. The maximum atomic E-state index is 14.1. The molecule has 0 amide bonds. The Morgan fingerprint density at radius 3 is 2.19 bits per heavy atom. The maximum Gasteiger partial charge on any atom is 0.325 e. The Morgan fingerprint density at radius 2 is 1.59 bits per heavy atom. The zero-order chi connectivity index (χ0) is 19.4. The van der Waals surface area contributed by atoms with Crippen LogP contribution in [0.25, 0.3) is 0 Å². The molecular weight excluding hydrogens is 371 g/mol. The quantitative estimate of drug-likeness (QED) is 0.815. The minimum Gasteiger partial charge on any atom is -0.480 e. The molecule has 1 fully saturated rings. The third-order valence-electron chi connectivity index (χ3n) is 4.66. The van der Waals surface area contributed by atoms with Crippen LogP contribution in [0.2, 0.25) is 0 Å². The molecule has 0 spiro atoms. The van der Waals surface area contributed by atoms with Gasteiger partial charge in [-0.05, 0) is 11.6 Å². The summed E-state index contributed by atoms with van der Waals surface area (Å²) in [5, 5.41) is 9.58. The molecule has 0 saturated carbocycles.